The van der Waals surface area contributed by atoms with Crippen molar-refractivity contribution in [2.75, 3.05) is 5.75 Å². The molecule has 0 fully saturated rings. The van der Waals surface area contributed by atoms with Gasteiger partial charge in [0.05, 0.1) is 5.92 Å². The Bertz CT molecular complexity index is 554. The zero-order valence-corrected chi connectivity index (χ0v) is 13.2. The van der Waals surface area contributed by atoms with E-state index in [0.717, 1.165) is 14.9 Å². The van der Waals surface area contributed by atoms with Crippen LogP contribution in [0.25, 0.3) is 0 Å². The lowest BCUT2D eigenvalue weighted by molar-refractivity contribution is -0.140. The highest BCUT2D eigenvalue weighted by Gasteiger charge is 2.18. The number of rotatable bonds is 6. The number of halogens is 1. The van der Waals surface area contributed by atoms with Crippen molar-refractivity contribution in [3.63, 3.8) is 0 Å². The summed E-state index contributed by atoms with van der Waals surface area (Å²) in [6.07, 6.45) is 0.569. The van der Waals surface area contributed by atoms with Crippen LogP contribution in [-0.4, -0.2) is 16.8 Å². The summed E-state index contributed by atoms with van der Waals surface area (Å²) in [4.78, 5) is 12.4. The predicted octanol–water partition coefficient (Wildman–Crippen LogP) is 4.48. The topological polar surface area (TPSA) is 37.3 Å². The number of carbonyl (C=O) groups is 1. The van der Waals surface area contributed by atoms with E-state index in [2.05, 4.69) is 15.9 Å². The Morgan fingerprint density at radius 2 is 1.75 bits per heavy atom. The zero-order valence-electron chi connectivity index (χ0n) is 10.8. The summed E-state index contributed by atoms with van der Waals surface area (Å²) in [7, 11) is 0. The van der Waals surface area contributed by atoms with E-state index in [4.69, 9.17) is 0 Å². The second kappa shape index (κ2) is 7.50. The fourth-order valence-corrected chi connectivity index (χ4v) is 3.09. The molecule has 1 N–H and O–H groups in total. The summed E-state index contributed by atoms with van der Waals surface area (Å²) in [5.41, 5.74) is 1.07. The predicted molar refractivity (Wildman–Crippen MR) is 86.1 cm³/mol. The Morgan fingerprint density at radius 1 is 1.10 bits per heavy atom. The maximum atomic E-state index is 11.4. The first-order valence-corrected chi connectivity index (χ1v) is 8.08. The summed E-state index contributed by atoms with van der Waals surface area (Å²) in [6, 6.07) is 17.7. The molecule has 2 aromatic rings. The van der Waals surface area contributed by atoms with Crippen LogP contribution in [0.5, 0.6) is 0 Å². The summed E-state index contributed by atoms with van der Waals surface area (Å²) in [5, 5.41) is 9.34. The molecule has 0 bridgehead atoms. The van der Waals surface area contributed by atoms with Crippen molar-refractivity contribution in [3.05, 3.63) is 64.6 Å². The van der Waals surface area contributed by atoms with Crippen molar-refractivity contribution in [1.29, 1.82) is 0 Å². The van der Waals surface area contributed by atoms with Crippen LogP contribution in [0.4, 0.5) is 0 Å². The van der Waals surface area contributed by atoms with Crippen LogP contribution < -0.4 is 0 Å². The van der Waals surface area contributed by atoms with E-state index in [0.29, 0.717) is 12.2 Å². The molecular formula is C16H15BrO2S. The van der Waals surface area contributed by atoms with Crippen LogP contribution >= 0.6 is 27.7 Å². The number of hydrogen-bond donors (Lipinski definition) is 1. The molecule has 1 unspecified atom stereocenters. The highest BCUT2D eigenvalue weighted by atomic mass is 79.9. The molecule has 0 aliphatic rings. The summed E-state index contributed by atoms with van der Waals surface area (Å²) in [5.74, 6) is -0.532. The van der Waals surface area contributed by atoms with Gasteiger partial charge in [-0.25, -0.2) is 0 Å². The lowest BCUT2D eigenvalue weighted by atomic mass is 10.0. The first kappa shape index (κ1) is 15.1. The van der Waals surface area contributed by atoms with E-state index < -0.39 is 5.97 Å². The van der Waals surface area contributed by atoms with Gasteiger partial charge in [0.1, 0.15) is 0 Å². The normalized spacial score (nSPS) is 12.1. The molecule has 0 spiro atoms. The molecule has 1 atom stereocenters. The van der Waals surface area contributed by atoms with Gasteiger partial charge in [0.25, 0.3) is 0 Å². The van der Waals surface area contributed by atoms with Gasteiger partial charge in [-0.1, -0.05) is 46.3 Å². The summed E-state index contributed by atoms with van der Waals surface area (Å²) in [6.45, 7) is 0. The van der Waals surface area contributed by atoms with Gasteiger partial charge in [-0.15, -0.1) is 11.8 Å². The van der Waals surface area contributed by atoms with Gasteiger partial charge in [-0.2, -0.15) is 0 Å². The van der Waals surface area contributed by atoms with Crippen molar-refractivity contribution in [1.82, 2.24) is 0 Å². The van der Waals surface area contributed by atoms with E-state index in [9.17, 15) is 9.90 Å². The molecule has 2 nitrogen and oxygen atoms in total. The largest absolute Gasteiger partial charge is 0.481 e. The van der Waals surface area contributed by atoms with Gasteiger partial charge in [0, 0.05) is 15.1 Å². The average Bonchev–Trinajstić information content (AvgIpc) is 2.46. The molecule has 0 radical (unpaired) electrons. The summed E-state index contributed by atoms with van der Waals surface area (Å²) < 4.78 is 1.03. The van der Waals surface area contributed by atoms with Crippen molar-refractivity contribution in [3.8, 4) is 0 Å². The second-order valence-electron chi connectivity index (χ2n) is 4.49. The Labute approximate surface area is 131 Å². The Morgan fingerprint density at radius 3 is 2.35 bits per heavy atom. The third kappa shape index (κ3) is 4.69. The maximum absolute atomic E-state index is 11.4. The molecule has 4 heteroatoms. The number of thioether (sulfide) groups is 1. The molecule has 0 aliphatic heterocycles. The Kier molecular flexibility index (Phi) is 5.68. The van der Waals surface area contributed by atoms with Crippen LogP contribution in [0.3, 0.4) is 0 Å². The van der Waals surface area contributed by atoms with Crippen LogP contribution in [0.2, 0.25) is 0 Å². The molecule has 0 saturated heterocycles. The van der Waals surface area contributed by atoms with Crippen molar-refractivity contribution in [2.24, 2.45) is 5.92 Å². The minimum Gasteiger partial charge on any atom is -0.481 e. The Balaban J connectivity index is 1.96. The van der Waals surface area contributed by atoms with Crippen molar-refractivity contribution < 1.29 is 9.90 Å². The number of carboxylic acids is 1. The molecule has 0 aromatic heterocycles. The zero-order chi connectivity index (χ0) is 14.4. The standard InChI is InChI=1S/C16H15BrO2S/c17-14-6-8-15(9-7-14)20-11-13(16(18)19)10-12-4-2-1-3-5-12/h1-9,13H,10-11H2,(H,18,19). The number of benzene rings is 2. The van der Waals surface area contributed by atoms with Gasteiger partial charge in [-0.3, -0.25) is 4.79 Å². The first-order valence-electron chi connectivity index (χ1n) is 6.30. The van der Waals surface area contributed by atoms with E-state index >= 15 is 0 Å². The molecule has 0 amide bonds. The molecule has 20 heavy (non-hydrogen) atoms. The van der Waals surface area contributed by atoms with E-state index in [1.54, 1.807) is 11.8 Å². The molecular weight excluding hydrogens is 336 g/mol. The highest BCUT2D eigenvalue weighted by molar-refractivity contribution is 9.10. The Hall–Kier alpha value is -1.26. The minimum absolute atomic E-state index is 0.369. The fraction of sp³-hybridized carbons (Fsp3) is 0.188. The quantitative estimate of drug-likeness (QED) is 0.780. The lowest BCUT2D eigenvalue weighted by Gasteiger charge is -2.12. The summed E-state index contributed by atoms with van der Waals surface area (Å²) >= 11 is 4.97. The van der Waals surface area contributed by atoms with Crippen LogP contribution in [0.15, 0.2) is 64.0 Å². The van der Waals surface area contributed by atoms with E-state index in [-0.39, 0.29) is 5.92 Å². The second-order valence-corrected chi connectivity index (χ2v) is 6.50. The SMILES string of the molecule is O=C(O)C(CSc1ccc(Br)cc1)Cc1ccccc1. The van der Waals surface area contributed by atoms with Gasteiger partial charge < -0.3 is 5.11 Å². The third-order valence-electron chi connectivity index (χ3n) is 2.94. The van der Waals surface area contributed by atoms with Crippen LogP contribution in [-0.2, 0) is 11.2 Å². The van der Waals surface area contributed by atoms with E-state index in [1.165, 1.54) is 0 Å². The molecule has 0 heterocycles. The van der Waals surface area contributed by atoms with Gasteiger partial charge in [-0.05, 0) is 36.2 Å². The number of aliphatic carboxylic acids is 1. The molecule has 2 aromatic carbocycles. The minimum atomic E-state index is -0.738. The molecule has 2 rings (SSSR count). The van der Waals surface area contributed by atoms with Crippen molar-refractivity contribution in [2.45, 2.75) is 11.3 Å². The van der Waals surface area contributed by atoms with Crippen LogP contribution in [0, 0.1) is 5.92 Å². The first-order chi connectivity index (χ1) is 9.65. The number of hydrogen-bond acceptors (Lipinski definition) is 2. The fourth-order valence-electron chi connectivity index (χ4n) is 1.84. The van der Waals surface area contributed by atoms with Crippen molar-refractivity contribution >= 4 is 33.7 Å². The number of carboxylic acid groups (broad SMARTS) is 1. The van der Waals surface area contributed by atoms with Gasteiger partial charge in [0.15, 0.2) is 0 Å². The molecule has 0 saturated carbocycles. The smallest absolute Gasteiger partial charge is 0.307 e. The highest BCUT2D eigenvalue weighted by Crippen LogP contribution is 2.24. The maximum Gasteiger partial charge on any atom is 0.307 e. The van der Waals surface area contributed by atoms with E-state index in [1.807, 2.05) is 54.6 Å². The lowest BCUT2D eigenvalue weighted by Crippen LogP contribution is -2.19. The average molecular weight is 351 g/mol. The van der Waals surface area contributed by atoms with Gasteiger partial charge >= 0.3 is 5.97 Å². The molecule has 0 aliphatic carbocycles. The van der Waals surface area contributed by atoms with Crippen LogP contribution in [0.1, 0.15) is 5.56 Å². The van der Waals surface area contributed by atoms with Gasteiger partial charge in [0.2, 0.25) is 0 Å². The molecule has 104 valence electrons. The monoisotopic (exact) mass is 350 g/mol. The third-order valence-corrected chi connectivity index (χ3v) is 4.64.